The fourth-order valence-electron chi connectivity index (χ4n) is 2.77. The van der Waals surface area contributed by atoms with E-state index in [0.29, 0.717) is 6.04 Å². The number of terminal acetylenes is 1. The second-order valence-corrected chi connectivity index (χ2v) is 5.29. The van der Waals surface area contributed by atoms with Crippen LogP contribution in [0.25, 0.3) is 0 Å². The summed E-state index contributed by atoms with van der Waals surface area (Å²) < 4.78 is 0. The Balaban J connectivity index is 2.60. The lowest BCUT2D eigenvalue weighted by Gasteiger charge is -2.46. The normalized spacial score (nSPS) is 20.4. The van der Waals surface area contributed by atoms with Crippen LogP contribution in [0.5, 0.6) is 0 Å². The third-order valence-corrected chi connectivity index (χ3v) is 3.95. The van der Waals surface area contributed by atoms with Crippen LogP contribution in [0.15, 0.2) is 0 Å². The Kier molecular flexibility index (Phi) is 5.31. The first-order chi connectivity index (χ1) is 7.62. The third-order valence-electron chi connectivity index (χ3n) is 3.95. The van der Waals surface area contributed by atoms with Crippen LogP contribution in [-0.2, 0) is 0 Å². The molecule has 1 rings (SSSR count). The second kappa shape index (κ2) is 6.27. The van der Waals surface area contributed by atoms with Gasteiger partial charge in [0.25, 0.3) is 0 Å². The Morgan fingerprint density at radius 3 is 2.44 bits per heavy atom. The molecule has 92 valence electrons. The lowest BCUT2D eigenvalue weighted by atomic mass is 9.87. The fraction of sp³-hybridized carbons (Fsp3) is 0.857. The molecule has 1 fully saturated rings. The SMILES string of the molecule is C#CCCC(NC)C(C)(C)N1CCCCC1. The van der Waals surface area contributed by atoms with Crippen LogP contribution >= 0.6 is 0 Å². The minimum atomic E-state index is 0.214. The van der Waals surface area contributed by atoms with Crippen molar-refractivity contribution >= 4 is 0 Å². The molecule has 0 saturated carbocycles. The van der Waals surface area contributed by atoms with Gasteiger partial charge in [0, 0.05) is 18.0 Å². The van der Waals surface area contributed by atoms with Crippen molar-refractivity contribution in [2.24, 2.45) is 0 Å². The topological polar surface area (TPSA) is 15.3 Å². The van der Waals surface area contributed by atoms with Gasteiger partial charge in [-0.3, -0.25) is 4.90 Å². The summed E-state index contributed by atoms with van der Waals surface area (Å²) in [5, 5.41) is 3.44. The average molecular weight is 222 g/mol. The standard InChI is InChI=1S/C14H26N2/c1-5-6-10-13(15-4)14(2,3)16-11-8-7-9-12-16/h1,13,15H,6-12H2,2-4H3. The number of nitrogens with one attached hydrogen (secondary N) is 1. The summed E-state index contributed by atoms with van der Waals surface area (Å²) in [5.41, 5.74) is 0.214. The number of hydrogen-bond acceptors (Lipinski definition) is 2. The van der Waals surface area contributed by atoms with E-state index in [0.717, 1.165) is 12.8 Å². The van der Waals surface area contributed by atoms with Crippen molar-refractivity contribution in [2.75, 3.05) is 20.1 Å². The molecule has 16 heavy (non-hydrogen) atoms. The van der Waals surface area contributed by atoms with Crippen LogP contribution in [-0.4, -0.2) is 36.6 Å². The third kappa shape index (κ3) is 3.23. The van der Waals surface area contributed by atoms with Gasteiger partial charge in [0.2, 0.25) is 0 Å². The first-order valence-corrected chi connectivity index (χ1v) is 6.48. The van der Waals surface area contributed by atoms with E-state index in [-0.39, 0.29) is 5.54 Å². The lowest BCUT2D eigenvalue weighted by Crippen LogP contribution is -2.58. The number of nitrogens with zero attached hydrogens (tertiary/aromatic N) is 1. The van der Waals surface area contributed by atoms with Crippen LogP contribution in [0.3, 0.4) is 0 Å². The summed E-state index contributed by atoms with van der Waals surface area (Å²) in [6.07, 6.45) is 11.4. The van der Waals surface area contributed by atoms with Gasteiger partial charge >= 0.3 is 0 Å². The molecule has 0 bridgehead atoms. The quantitative estimate of drug-likeness (QED) is 0.718. The van der Waals surface area contributed by atoms with E-state index >= 15 is 0 Å². The Morgan fingerprint density at radius 2 is 1.94 bits per heavy atom. The largest absolute Gasteiger partial charge is 0.315 e. The zero-order chi connectivity index (χ0) is 12.0. The van der Waals surface area contributed by atoms with Gasteiger partial charge in [0.1, 0.15) is 0 Å². The summed E-state index contributed by atoms with van der Waals surface area (Å²) in [6, 6.07) is 0.488. The summed E-state index contributed by atoms with van der Waals surface area (Å²) in [5.74, 6) is 2.75. The Bertz CT molecular complexity index is 234. The van der Waals surface area contributed by atoms with Crippen LogP contribution < -0.4 is 5.32 Å². The molecule has 1 aliphatic heterocycles. The van der Waals surface area contributed by atoms with Crippen molar-refractivity contribution in [1.82, 2.24) is 10.2 Å². The highest BCUT2D eigenvalue weighted by molar-refractivity contribution is 4.96. The first-order valence-electron chi connectivity index (χ1n) is 6.48. The van der Waals surface area contributed by atoms with E-state index < -0.39 is 0 Å². The summed E-state index contributed by atoms with van der Waals surface area (Å²) in [6.45, 7) is 7.16. The molecule has 1 N–H and O–H groups in total. The Labute approximate surface area is 101 Å². The lowest BCUT2D eigenvalue weighted by molar-refractivity contribution is 0.0612. The minimum absolute atomic E-state index is 0.214. The maximum absolute atomic E-state index is 5.36. The molecule has 1 atom stereocenters. The van der Waals surface area contributed by atoms with Gasteiger partial charge in [-0.1, -0.05) is 6.42 Å². The van der Waals surface area contributed by atoms with Crippen LogP contribution in [0.4, 0.5) is 0 Å². The minimum Gasteiger partial charge on any atom is -0.315 e. The van der Waals surface area contributed by atoms with Crippen LogP contribution in [0.1, 0.15) is 46.0 Å². The summed E-state index contributed by atoms with van der Waals surface area (Å²) in [4.78, 5) is 2.62. The number of hydrogen-bond donors (Lipinski definition) is 1. The Hall–Kier alpha value is -0.520. The fourth-order valence-corrected chi connectivity index (χ4v) is 2.77. The molecule has 1 unspecified atom stereocenters. The molecule has 0 aromatic rings. The molecule has 0 aromatic carbocycles. The number of piperidine rings is 1. The molecule has 1 saturated heterocycles. The predicted molar refractivity (Wildman–Crippen MR) is 70.4 cm³/mol. The van der Waals surface area contributed by atoms with Gasteiger partial charge in [-0.05, 0) is 53.2 Å². The molecule has 2 heteroatoms. The highest BCUT2D eigenvalue weighted by Gasteiger charge is 2.34. The van der Waals surface area contributed by atoms with Crippen LogP contribution in [0.2, 0.25) is 0 Å². The molecule has 0 aliphatic carbocycles. The first kappa shape index (κ1) is 13.5. The zero-order valence-electron chi connectivity index (χ0n) is 11.1. The van der Waals surface area contributed by atoms with E-state index in [1.807, 2.05) is 7.05 Å². The number of likely N-dealkylation sites (N-methyl/N-ethyl adjacent to an activating group) is 1. The second-order valence-electron chi connectivity index (χ2n) is 5.29. The van der Waals surface area contributed by atoms with E-state index in [2.05, 4.69) is 30.0 Å². The highest BCUT2D eigenvalue weighted by atomic mass is 15.2. The van der Waals surface area contributed by atoms with Gasteiger partial charge in [0.15, 0.2) is 0 Å². The predicted octanol–water partition coefficient (Wildman–Crippen LogP) is 2.25. The van der Waals surface area contributed by atoms with Gasteiger partial charge in [0.05, 0.1) is 0 Å². The molecule has 0 aromatic heterocycles. The van der Waals surface area contributed by atoms with E-state index in [1.165, 1.54) is 32.4 Å². The number of likely N-dealkylation sites (tertiary alicyclic amines) is 1. The average Bonchev–Trinajstić information content (AvgIpc) is 2.31. The molecule has 0 radical (unpaired) electrons. The van der Waals surface area contributed by atoms with Crippen molar-refractivity contribution in [3.05, 3.63) is 0 Å². The van der Waals surface area contributed by atoms with Gasteiger partial charge < -0.3 is 5.32 Å². The molecule has 0 spiro atoms. The molecule has 1 aliphatic rings. The molecular weight excluding hydrogens is 196 g/mol. The van der Waals surface area contributed by atoms with Crippen molar-refractivity contribution < 1.29 is 0 Å². The monoisotopic (exact) mass is 222 g/mol. The zero-order valence-corrected chi connectivity index (χ0v) is 11.1. The van der Waals surface area contributed by atoms with E-state index in [9.17, 15) is 0 Å². The smallest absolute Gasteiger partial charge is 0.0306 e. The molecule has 2 nitrogen and oxygen atoms in total. The summed E-state index contributed by atoms with van der Waals surface area (Å²) >= 11 is 0. The van der Waals surface area contributed by atoms with E-state index in [1.54, 1.807) is 0 Å². The molecule has 0 amide bonds. The molecule has 1 heterocycles. The van der Waals surface area contributed by atoms with E-state index in [4.69, 9.17) is 6.42 Å². The van der Waals surface area contributed by atoms with Crippen LogP contribution in [0, 0.1) is 12.3 Å². The highest BCUT2D eigenvalue weighted by Crippen LogP contribution is 2.25. The van der Waals surface area contributed by atoms with Crippen molar-refractivity contribution in [1.29, 1.82) is 0 Å². The maximum atomic E-state index is 5.36. The van der Waals surface area contributed by atoms with Crippen molar-refractivity contribution in [2.45, 2.75) is 57.5 Å². The van der Waals surface area contributed by atoms with Gasteiger partial charge in [-0.15, -0.1) is 12.3 Å². The molecular formula is C14H26N2. The van der Waals surface area contributed by atoms with Gasteiger partial charge in [-0.25, -0.2) is 0 Å². The summed E-state index contributed by atoms with van der Waals surface area (Å²) in [7, 11) is 2.05. The Morgan fingerprint density at radius 1 is 1.31 bits per heavy atom. The number of rotatable bonds is 5. The van der Waals surface area contributed by atoms with Crippen molar-refractivity contribution in [3.63, 3.8) is 0 Å². The van der Waals surface area contributed by atoms with Gasteiger partial charge in [-0.2, -0.15) is 0 Å². The maximum Gasteiger partial charge on any atom is 0.0306 e. The van der Waals surface area contributed by atoms with Crippen molar-refractivity contribution in [3.8, 4) is 12.3 Å².